The van der Waals surface area contributed by atoms with Gasteiger partial charge in [0.2, 0.25) is 0 Å². The Morgan fingerprint density at radius 2 is 2.00 bits per heavy atom. The van der Waals surface area contributed by atoms with Crippen LogP contribution >= 0.6 is 0 Å². The van der Waals surface area contributed by atoms with Crippen LogP contribution in [0.15, 0.2) is 12.3 Å². The molecule has 1 aromatic heterocycles. The molecule has 0 amide bonds. The van der Waals surface area contributed by atoms with Crippen molar-refractivity contribution in [2.75, 3.05) is 0 Å². The number of aromatic nitrogens is 2. The average Bonchev–Trinajstić information content (AvgIpc) is 2.60. The smallest absolute Gasteiger partial charge is 0.0683 e. The third-order valence-electron chi connectivity index (χ3n) is 2.89. The van der Waals surface area contributed by atoms with Crippen molar-refractivity contribution < 1.29 is 0 Å². The monoisotopic (exact) mass is 178 g/mol. The summed E-state index contributed by atoms with van der Waals surface area (Å²) in [5.41, 5.74) is 1.78. The Bertz CT molecular complexity index is 293. The summed E-state index contributed by atoms with van der Waals surface area (Å²) in [6.07, 6.45) is 4.70. The number of hydrogen-bond acceptors (Lipinski definition) is 1. The standard InChI is InChI=1S/C11H18N2/c1-10(2,3)13-8-5-9(12-13)11(4)6-7-11/h5,8H,6-7H2,1-4H3. The van der Waals surface area contributed by atoms with E-state index < -0.39 is 0 Å². The van der Waals surface area contributed by atoms with E-state index in [2.05, 4.69) is 49.7 Å². The molecule has 0 saturated heterocycles. The van der Waals surface area contributed by atoms with Crippen LogP contribution < -0.4 is 0 Å². The van der Waals surface area contributed by atoms with E-state index in [4.69, 9.17) is 0 Å². The first-order valence-corrected chi connectivity index (χ1v) is 4.98. The van der Waals surface area contributed by atoms with E-state index in [1.165, 1.54) is 18.5 Å². The van der Waals surface area contributed by atoms with Crippen molar-refractivity contribution in [3.63, 3.8) is 0 Å². The molecule has 2 rings (SSSR count). The zero-order valence-corrected chi connectivity index (χ0v) is 8.96. The molecule has 0 unspecified atom stereocenters. The molecule has 2 heteroatoms. The van der Waals surface area contributed by atoms with Gasteiger partial charge in [0.05, 0.1) is 11.2 Å². The molecule has 1 heterocycles. The molecule has 0 bridgehead atoms. The summed E-state index contributed by atoms with van der Waals surface area (Å²) >= 11 is 0. The summed E-state index contributed by atoms with van der Waals surface area (Å²) in [5, 5.41) is 4.63. The van der Waals surface area contributed by atoms with Crippen molar-refractivity contribution >= 4 is 0 Å². The lowest BCUT2D eigenvalue weighted by atomic mass is 10.1. The zero-order valence-electron chi connectivity index (χ0n) is 8.96. The van der Waals surface area contributed by atoms with Gasteiger partial charge in [-0.15, -0.1) is 0 Å². The van der Waals surface area contributed by atoms with E-state index in [9.17, 15) is 0 Å². The van der Waals surface area contributed by atoms with Crippen molar-refractivity contribution in [2.45, 2.75) is 51.5 Å². The molecule has 2 nitrogen and oxygen atoms in total. The predicted octanol–water partition coefficient (Wildman–Crippen LogP) is 2.69. The van der Waals surface area contributed by atoms with Gasteiger partial charge in [0, 0.05) is 11.6 Å². The first-order chi connectivity index (χ1) is 5.92. The van der Waals surface area contributed by atoms with Crippen LogP contribution in [0.25, 0.3) is 0 Å². The van der Waals surface area contributed by atoms with E-state index >= 15 is 0 Å². The van der Waals surface area contributed by atoms with Crippen molar-refractivity contribution in [3.05, 3.63) is 18.0 Å². The Morgan fingerprint density at radius 3 is 2.38 bits per heavy atom. The van der Waals surface area contributed by atoms with Crippen LogP contribution in [0.4, 0.5) is 0 Å². The van der Waals surface area contributed by atoms with Crippen molar-refractivity contribution in [1.29, 1.82) is 0 Å². The summed E-state index contributed by atoms with van der Waals surface area (Å²) in [6.45, 7) is 8.83. The summed E-state index contributed by atoms with van der Waals surface area (Å²) in [7, 11) is 0. The highest BCUT2D eigenvalue weighted by atomic mass is 15.3. The maximum Gasteiger partial charge on any atom is 0.0683 e. The summed E-state index contributed by atoms with van der Waals surface area (Å²) < 4.78 is 2.06. The number of rotatable bonds is 1. The van der Waals surface area contributed by atoms with Gasteiger partial charge >= 0.3 is 0 Å². The molecule has 1 aromatic rings. The highest BCUT2D eigenvalue weighted by molar-refractivity contribution is 5.21. The average molecular weight is 178 g/mol. The number of hydrogen-bond donors (Lipinski definition) is 0. The van der Waals surface area contributed by atoms with Crippen molar-refractivity contribution in [3.8, 4) is 0 Å². The van der Waals surface area contributed by atoms with Gasteiger partial charge in [0.25, 0.3) is 0 Å². The molecule has 0 N–H and O–H groups in total. The fourth-order valence-electron chi connectivity index (χ4n) is 1.46. The second-order valence-corrected chi connectivity index (χ2v) is 5.38. The molecule has 0 radical (unpaired) electrons. The maximum atomic E-state index is 4.63. The van der Waals surface area contributed by atoms with Crippen LogP contribution in [-0.2, 0) is 11.0 Å². The van der Waals surface area contributed by atoms with Gasteiger partial charge in [-0.3, -0.25) is 4.68 Å². The lowest BCUT2D eigenvalue weighted by molar-refractivity contribution is 0.351. The predicted molar refractivity (Wildman–Crippen MR) is 53.8 cm³/mol. The van der Waals surface area contributed by atoms with E-state index in [1.807, 2.05) is 0 Å². The van der Waals surface area contributed by atoms with Gasteiger partial charge in [-0.25, -0.2) is 0 Å². The lowest BCUT2D eigenvalue weighted by Gasteiger charge is -2.19. The van der Waals surface area contributed by atoms with Crippen LogP contribution in [0.5, 0.6) is 0 Å². The largest absolute Gasteiger partial charge is 0.267 e. The SMILES string of the molecule is CC1(c2ccn(C(C)(C)C)n2)CC1. The van der Waals surface area contributed by atoms with E-state index in [0.717, 1.165) is 0 Å². The second kappa shape index (κ2) is 2.37. The first kappa shape index (κ1) is 8.79. The van der Waals surface area contributed by atoms with Gasteiger partial charge in [-0.05, 0) is 39.7 Å². The molecule has 72 valence electrons. The number of nitrogens with zero attached hydrogens (tertiary/aromatic N) is 2. The minimum absolute atomic E-state index is 0.115. The van der Waals surface area contributed by atoms with E-state index in [1.54, 1.807) is 0 Å². The second-order valence-electron chi connectivity index (χ2n) is 5.38. The van der Waals surface area contributed by atoms with Gasteiger partial charge in [-0.1, -0.05) is 6.92 Å². The summed E-state index contributed by atoms with van der Waals surface area (Å²) in [6, 6.07) is 2.16. The van der Waals surface area contributed by atoms with Gasteiger partial charge < -0.3 is 0 Å². The minimum atomic E-state index is 0.115. The molecule has 0 aromatic carbocycles. The molecule has 0 atom stereocenters. The van der Waals surface area contributed by atoms with Gasteiger partial charge in [-0.2, -0.15) is 5.10 Å². The normalized spacial score (nSPS) is 20.3. The molecule has 13 heavy (non-hydrogen) atoms. The summed E-state index contributed by atoms with van der Waals surface area (Å²) in [4.78, 5) is 0. The fraction of sp³-hybridized carbons (Fsp3) is 0.727. The Balaban J connectivity index is 2.29. The first-order valence-electron chi connectivity index (χ1n) is 4.98. The quantitative estimate of drug-likeness (QED) is 0.646. The summed E-state index contributed by atoms with van der Waals surface area (Å²) in [5.74, 6) is 0. The van der Waals surface area contributed by atoms with Crippen molar-refractivity contribution in [2.24, 2.45) is 0 Å². The molecule has 0 spiro atoms. The van der Waals surface area contributed by atoms with Crippen LogP contribution in [-0.4, -0.2) is 9.78 Å². The van der Waals surface area contributed by atoms with Crippen LogP contribution in [0, 0.1) is 0 Å². The van der Waals surface area contributed by atoms with Crippen LogP contribution in [0.3, 0.4) is 0 Å². The van der Waals surface area contributed by atoms with Gasteiger partial charge in [0.1, 0.15) is 0 Å². The topological polar surface area (TPSA) is 17.8 Å². The molecular weight excluding hydrogens is 160 g/mol. The zero-order chi connectivity index (χ0) is 9.69. The molecule has 0 aliphatic heterocycles. The molecular formula is C11H18N2. The molecule has 1 aliphatic carbocycles. The Hall–Kier alpha value is -0.790. The van der Waals surface area contributed by atoms with Gasteiger partial charge in [0.15, 0.2) is 0 Å². The molecule has 1 fully saturated rings. The van der Waals surface area contributed by atoms with E-state index in [-0.39, 0.29) is 5.54 Å². The van der Waals surface area contributed by atoms with E-state index in [0.29, 0.717) is 5.41 Å². The Labute approximate surface area is 80.0 Å². The highest BCUT2D eigenvalue weighted by Crippen LogP contribution is 2.46. The Kier molecular flexibility index (Phi) is 1.60. The fourth-order valence-corrected chi connectivity index (χ4v) is 1.46. The maximum absolute atomic E-state index is 4.63. The highest BCUT2D eigenvalue weighted by Gasteiger charge is 2.41. The minimum Gasteiger partial charge on any atom is -0.267 e. The third kappa shape index (κ3) is 1.50. The van der Waals surface area contributed by atoms with Crippen LogP contribution in [0.1, 0.15) is 46.2 Å². The third-order valence-corrected chi connectivity index (χ3v) is 2.89. The molecule has 1 saturated carbocycles. The Morgan fingerprint density at radius 1 is 1.38 bits per heavy atom. The van der Waals surface area contributed by atoms with Crippen LogP contribution in [0.2, 0.25) is 0 Å². The molecule has 1 aliphatic rings. The van der Waals surface area contributed by atoms with Crippen molar-refractivity contribution in [1.82, 2.24) is 9.78 Å². The lowest BCUT2D eigenvalue weighted by Crippen LogP contribution is -2.22.